The second-order valence-electron chi connectivity index (χ2n) is 4.34. The van der Waals surface area contributed by atoms with Gasteiger partial charge in [0.05, 0.1) is 17.7 Å². The average molecular weight is 341 g/mol. The van der Waals surface area contributed by atoms with Gasteiger partial charge in [0.15, 0.2) is 0 Å². The molecule has 22 heavy (non-hydrogen) atoms. The van der Waals surface area contributed by atoms with Crippen LogP contribution in [0.3, 0.4) is 0 Å². The predicted molar refractivity (Wildman–Crippen MR) is 83.8 cm³/mol. The van der Waals surface area contributed by atoms with Gasteiger partial charge in [-0.2, -0.15) is 0 Å². The summed E-state index contributed by atoms with van der Waals surface area (Å²) in [5.74, 6) is -0.392. The Morgan fingerprint density at radius 2 is 1.95 bits per heavy atom. The van der Waals surface area contributed by atoms with Gasteiger partial charge < -0.3 is 10.5 Å². The first-order valence-corrected chi connectivity index (χ1v) is 7.96. The molecule has 0 aromatic heterocycles. The number of carbonyl (C=O) groups is 1. The van der Waals surface area contributed by atoms with E-state index in [0.29, 0.717) is 10.8 Å². The molecule has 2 rings (SSSR count). The smallest absolute Gasteiger partial charge is 0.262 e. The molecule has 1 amide bonds. The number of hydrogen-bond donors (Lipinski definition) is 2. The fourth-order valence-corrected chi connectivity index (χ4v) is 3.06. The molecule has 0 aliphatic heterocycles. The van der Waals surface area contributed by atoms with Crippen LogP contribution in [-0.4, -0.2) is 21.4 Å². The van der Waals surface area contributed by atoms with Crippen LogP contribution < -0.4 is 15.2 Å². The summed E-state index contributed by atoms with van der Waals surface area (Å²) in [4.78, 5) is 11.1. The molecule has 0 heterocycles. The number of methoxy groups -OCH3 is 1. The van der Waals surface area contributed by atoms with Crippen molar-refractivity contribution < 1.29 is 17.9 Å². The van der Waals surface area contributed by atoms with Gasteiger partial charge in [0.25, 0.3) is 10.0 Å². The lowest BCUT2D eigenvalue weighted by atomic mass is 10.2. The molecule has 0 atom stereocenters. The number of amides is 1. The summed E-state index contributed by atoms with van der Waals surface area (Å²) >= 11 is 5.86. The highest BCUT2D eigenvalue weighted by molar-refractivity contribution is 7.92. The van der Waals surface area contributed by atoms with E-state index in [9.17, 15) is 13.2 Å². The molecule has 116 valence electrons. The van der Waals surface area contributed by atoms with E-state index in [-0.39, 0.29) is 16.1 Å². The summed E-state index contributed by atoms with van der Waals surface area (Å²) in [6, 6.07) is 9.96. The third-order valence-corrected chi connectivity index (χ3v) is 4.43. The molecule has 0 fully saturated rings. The first-order valence-electron chi connectivity index (χ1n) is 6.10. The lowest BCUT2D eigenvalue weighted by Gasteiger charge is -2.12. The van der Waals surface area contributed by atoms with Crippen molar-refractivity contribution in [3.05, 3.63) is 53.1 Å². The minimum absolute atomic E-state index is 0.0918. The number of hydrogen-bond acceptors (Lipinski definition) is 4. The van der Waals surface area contributed by atoms with Crippen molar-refractivity contribution in [3.63, 3.8) is 0 Å². The van der Waals surface area contributed by atoms with Crippen molar-refractivity contribution >= 4 is 33.2 Å². The van der Waals surface area contributed by atoms with Crippen molar-refractivity contribution in [2.24, 2.45) is 5.73 Å². The van der Waals surface area contributed by atoms with Gasteiger partial charge in [-0.25, -0.2) is 8.42 Å². The zero-order valence-corrected chi connectivity index (χ0v) is 13.1. The van der Waals surface area contributed by atoms with Crippen LogP contribution in [0.5, 0.6) is 5.75 Å². The minimum Gasteiger partial charge on any atom is -0.495 e. The van der Waals surface area contributed by atoms with Crippen molar-refractivity contribution in [2.45, 2.75) is 4.90 Å². The predicted octanol–water partition coefficient (Wildman–Crippen LogP) is 2.25. The molecule has 0 spiro atoms. The maximum atomic E-state index is 12.4. The Balaban J connectivity index is 2.42. The zero-order chi connectivity index (χ0) is 16.3. The molecule has 6 nitrogen and oxygen atoms in total. The summed E-state index contributed by atoms with van der Waals surface area (Å²) in [5, 5.41) is 0.351. The maximum absolute atomic E-state index is 12.4. The fourth-order valence-electron chi connectivity index (χ4n) is 1.78. The minimum atomic E-state index is -3.92. The molecular formula is C14H13ClN2O4S. The molecule has 0 aliphatic carbocycles. The van der Waals surface area contributed by atoms with E-state index in [1.54, 1.807) is 12.1 Å². The van der Waals surface area contributed by atoms with Gasteiger partial charge in [-0.05, 0) is 36.4 Å². The van der Waals surface area contributed by atoms with Crippen LogP contribution in [0.25, 0.3) is 0 Å². The van der Waals surface area contributed by atoms with Crippen LogP contribution in [0, 0.1) is 0 Å². The van der Waals surface area contributed by atoms with E-state index in [0.717, 1.165) is 0 Å². The van der Waals surface area contributed by atoms with Crippen LogP contribution in [0.1, 0.15) is 10.4 Å². The molecule has 3 N–H and O–H groups in total. The molecule has 0 saturated carbocycles. The number of ether oxygens (including phenoxy) is 1. The summed E-state index contributed by atoms with van der Waals surface area (Å²) in [6.45, 7) is 0. The third kappa shape index (κ3) is 3.49. The van der Waals surface area contributed by atoms with E-state index >= 15 is 0 Å². The Kier molecular flexibility index (Phi) is 4.58. The molecule has 0 unspecified atom stereocenters. The van der Waals surface area contributed by atoms with Gasteiger partial charge in [-0.3, -0.25) is 9.52 Å². The lowest BCUT2D eigenvalue weighted by Crippen LogP contribution is -2.16. The van der Waals surface area contributed by atoms with Gasteiger partial charge in [-0.1, -0.05) is 17.7 Å². The first-order chi connectivity index (χ1) is 10.3. The normalized spacial score (nSPS) is 11.0. The standard InChI is InChI=1S/C14H13ClN2O4S/c1-21-13-6-5-10(15)8-12(13)17-22(19,20)11-4-2-3-9(7-11)14(16)18/h2-8,17H,1H3,(H2,16,18). The number of nitrogens with one attached hydrogen (secondary N) is 1. The summed E-state index contributed by atoms with van der Waals surface area (Å²) in [6.07, 6.45) is 0. The van der Waals surface area contributed by atoms with Gasteiger partial charge in [-0.15, -0.1) is 0 Å². The molecule has 2 aromatic rings. The molecule has 0 bridgehead atoms. The molecule has 0 aliphatic rings. The Morgan fingerprint density at radius 1 is 1.23 bits per heavy atom. The Labute approximate surface area is 132 Å². The average Bonchev–Trinajstić information content (AvgIpc) is 2.47. The highest BCUT2D eigenvalue weighted by atomic mass is 35.5. The molecule has 2 aromatic carbocycles. The largest absolute Gasteiger partial charge is 0.495 e. The Bertz CT molecular complexity index is 821. The van der Waals surface area contributed by atoms with E-state index < -0.39 is 15.9 Å². The SMILES string of the molecule is COc1ccc(Cl)cc1NS(=O)(=O)c1cccc(C(N)=O)c1. The lowest BCUT2D eigenvalue weighted by molar-refractivity contribution is 0.1000. The monoisotopic (exact) mass is 340 g/mol. The molecule has 8 heteroatoms. The van der Waals surface area contributed by atoms with E-state index in [1.807, 2.05) is 0 Å². The number of sulfonamides is 1. The van der Waals surface area contributed by atoms with E-state index in [4.69, 9.17) is 22.1 Å². The van der Waals surface area contributed by atoms with Crippen LogP contribution >= 0.6 is 11.6 Å². The van der Waals surface area contributed by atoms with Crippen molar-refractivity contribution in [2.75, 3.05) is 11.8 Å². The summed E-state index contributed by atoms with van der Waals surface area (Å²) in [7, 11) is -2.50. The fraction of sp³-hybridized carbons (Fsp3) is 0.0714. The molecule has 0 radical (unpaired) electrons. The van der Waals surface area contributed by atoms with Crippen molar-refractivity contribution in [3.8, 4) is 5.75 Å². The van der Waals surface area contributed by atoms with Crippen LogP contribution in [0.15, 0.2) is 47.4 Å². The van der Waals surface area contributed by atoms with Gasteiger partial charge in [0.1, 0.15) is 5.75 Å². The van der Waals surface area contributed by atoms with Gasteiger partial charge >= 0.3 is 0 Å². The highest BCUT2D eigenvalue weighted by Crippen LogP contribution is 2.29. The number of nitrogens with two attached hydrogens (primary N) is 1. The number of carbonyl (C=O) groups excluding carboxylic acids is 1. The molecule has 0 saturated heterocycles. The quantitative estimate of drug-likeness (QED) is 0.872. The second-order valence-corrected chi connectivity index (χ2v) is 6.46. The highest BCUT2D eigenvalue weighted by Gasteiger charge is 2.18. The number of primary amides is 1. The zero-order valence-electron chi connectivity index (χ0n) is 11.5. The topological polar surface area (TPSA) is 98.5 Å². The maximum Gasteiger partial charge on any atom is 0.262 e. The Morgan fingerprint density at radius 3 is 2.59 bits per heavy atom. The second kappa shape index (κ2) is 6.25. The number of rotatable bonds is 5. The molecular weight excluding hydrogens is 328 g/mol. The van der Waals surface area contributed by atoms with Crippen LogP contribution in [0.4, 0.5) is 5.69 Å². The first kappa shape index (κ1) is 16.1. The van der Waals surface area contributed by atoms with Crippen LogP contribution in [-0.2, 0) is 10.0 Å². The van der Waals surface area contributed by atoms with E-state index in [1.165, 1.54) is 37.4 Å². The van der Waals surface area contributed by atoms with Crippen molar-refractivity contribution in [1.82, 2.24) is 0 Å². The van der Waals surface area contributed by atoms with Crippen LogP contribution in [0.2, 0.25) is 5.02 Å². The number of anilines is 1. The number of benzene rings is 2. The summed E-state index contributed by atoms with van der Waals surface area (Å²) < 4.78 is 32.2. The number of halogens is 1. The summed E-state index contributed by atoms with van der Waals surface area (Å²) in [5.41, 5.74) is 5.44. The van der Waals surface area contributed by atoms with Gasteiger partial charge in [0.2, 0.25) is 5.91 Å². The van der Waals surface area contributed by atoms with E-state index in [2.05, 4.69) is 4.72 Å². The van der Waals surface area contributed by atoms with Gasteiger partial charge in [0, 0.05) is 10.6 Å². The third-order valence-electron chi connectivity index (χ3n) is 2.83. The Hall–Kier alpha value is -2.25. The van der Waals surface area contributed by atoms with Crippen molar-refractivity contribution in [1.29, 1.82) is 0 Å².